The highest BCUT2D eigenvalue weighted by Gasteiger charge is 2.42. The van der Waals surface area contributed by atoms with Gasteiger partial charge in [0.05, 0.1) is 11.6 Å². The van der Waals surface area contributed by atoms with Crippen LogP contribution < -0.4 is 4.90 Å². The Kier molecular flexibility index (Phi) is 4.78. The summed E-state index contributed by atoms with van der Waals surface area (Å²) in [5.74, 6) is -0.921. The van der Waals surface area contributed by atoms with Gasteiger partial charge in [-0.05, 0) is 30.5 Å². The molecule has 1 aromatic carbocycles. The molecule has 0 radical (unpaired) electrons. The Morgan fingerprint density at radius 3 is 2.26 bits per heavy atom. The Balaban J connectivity index is 2.48. The van der Waals surface area contributed by atoms with E-state index in [1.807, 2.05) is 57.1 Å². The number of aliphatic hydroxyl groups excluding tert-OH is 1. The quantitative estimate of drug-likeness (QED) is 0.907. The van der Waals surface area contributed by atoms with Crippen molar-refractivity contribution in [3.05, 3.63) is 41.2 Å². The van der Waals surface area contributed by atoms with Crippen LogP contribution in [0.4, 0.5) is 5.69 Å². The van der Waals surface area contributed by atoms with E-state index in [2.05, 4.69) is 0 Å². The molecule has 1 unspecified atom stereocenters. The van der Waals surface area contributed by atoms with Crippen LogP contribution in [0.1, 0.15) is 32.4 Å². The maximum Gasteiger partial charge on any atom is 0.290 e. The summed E-state index contributed by atoms with van der Waals surface area (Å²) < 4.78 is 0. The third-order valence-corrected chi connectivity index (χ3v) is 3.97. The van der Waals surface area contributed by atoms with Gasteiger partial charge in [0.15, 0.2) is 11.5 Å². The van der Waals surface area contributed by atoms with Gasteiger partial charge in [-0.1, -0.05) is 26.0 Å². The number of rotatable bonds is 5. The summed E-state index contributed by atoms with van der Waals surface area (Å²) >= 11 is 0. The Bertz CT molecular complexity index is 645. The molecule has 1 aliphatic rings. The van der Waals surface area contributed by atoms with Crippen LogP contribution in [0.25, 0.3) is 0 Å². The van der Waals surface area contributed by atoms with E-state index in [1.165, 1.54) is 6.92 Å². The fourth-order valence-corrected chi connectivity index (χ4v) is 2.90. The number of hydrogen-bond acceptors (Lipinski definition) is 4. The van der Waals surface area contributed by atoms with Gasteiger partial charge in [-0.15, -0.1) is 0 Å². The Labute approximate surface area is 137 Å². The van der Waals surface area contributed by atoms with Gasteiger partial charge in [-0.3, -0.25) is 9.59 Å². The van der Waals surface area contributed by atoms with Crippen molar-refractivity contribution >= 4 is 17.4 Å². The number of aliphatic hydroxyl groups is 1. The van der Waals surface area contributed by atoms with Gasteiger partial charge in [0.25, 0.3) is 5.91 Å². The van der Waals surface area contributed by atoms with Crippen molar-refractivity contribution in [2.75, 3.05) is 25.5 Å². The van der Waals surface area contributed by atoms with Crippen LogP contribution in [-0.2, 0) is 9.59 Å². The maximum absolute atomic E-state index is 12.4. The highest BCUT2D eigenvalue weighted by atomic mass is 16.3. The van der Waals surface area contributed by atoms with E-state index in [0.717, 1.165) is 11.3 Å². The van der Waals surface area contributed by atoms with Crippen molar-refractivity contribution in [2.24, 2.45) is 5.92 Å². The van der Waals surface area contributed by atoms with Crippen molar-refractivity contribution < 1.29 is 14.7 Å². The van der Waals surface area contributed by atoms with Crippen LogP contribution in [0.3, 0.4) is 0 Å². The van der Waals surface area contributed by atoms with Gasteiger partial charge < -0.3 is 14.9 Å². The summed E-state index contributed by atoms with van der Waals surface area (Å²) in [6.45, 7) is 5.88. The first-order chi connectivity index (χ1) is 10.7. The number of Topliss-reactive ketones (excluding diaryl/α,β-unsaturated/α-hetero) is 1. The summed E-state index contributed by atoms with van der Waals surface area (Å²) in [5.41, 5.74) is 2.05. The van der Waals surface area contributed by atoms with Gasteiger partial charge in [-0.25, -0.2) is 0 Å². The summed E-state index contributed by atoms with van der Waals surface area (Å²) in [7, 11) is 3.90. The summed E-state index contributed by atoms with van der Waals surface area (Å²) in [5, 5.41) is 10.1. The fourth-order valence-electron chi connectivity index (χ4n) is 2.90. The lowest BCUT2D eigenvalue weighted by Gasteiger charge is -2.28. The molecular weight excluding hydrogens is 292 g/mol. The number of nitrogens with zero attached hydrogens (tertiary/aromatic N) is 2. The van der Waals surface area contributed by atoms with E-state index in [-0.39, 0.29) is 17.3 Å². The van der Waals surface area contributed by atoms with Gasteiger partial charge in [0, 0.05) is 26.3 Å². The third kappa shape index (κ3) is 3.23. The minimum absolute atomic E-state index is 0.188. The first-order valence-electron chi connectivity index (χ1n) is 7.76. The Morgan fingerprint density at radius 2 is 1.83 bits per heavy atom. The first kappa shape index (κ1) is 17.1. The number of ketones is 1. The molecule has 23 heavy (non-hydrogen) atoms. The first-order valence-corrected chi connectivity index (χ1v) is 7.76. The molecule has 1 aromatic rings. The van der Waals surface area contributed by atoms with Gasteiger partial charge in [-0.2, -0.15) is 0 Å². The molecule has 1 amide bonds. The zero-order valence-corrected chi connectivity index (χ0v) is 14.3. The number of carbonyl (C=O) groups is 2. The van der Waals surface area contributed by atoms with E-state index in [9.17, 15) is 14.7 Å². The molecule has 1 heterocycles. The number of amides is 1. The molecule has 5 heteroatoms. The molecule has 0 bridgehead atoms. The molecule has 5 nitrogen and oxygen atoms in total. The topological polar surface area (TPSA) is 60.9 Å². The summed E-state index contributed by atoms with van der Waals surface area (Å²) in [4.78, 5) is 27.9. The van der Waals surface area contributed by atoms with Crippen LogP contribution >= 0.6 is 0 Å². The van der Waals surface area contributed by atoms with E-state index in [0.29, 0.717) is 6.54 Å². The molecule has 0 spiro atoms. The van der Waals surface area contributed by atoms with Crippen molar-refractivity contribution in [2.45, 2.75) is 26.8 Å². The summed E-state index contributed by atoms with van der Waals surface area (Å²) in [6.07, 6.45) is 0. The molecule has 124 valence electrons. The molecule has 2 rings (SSSR count). The molecule has 0 aliphatic carbocycles. The average Bonchev–Trinajstić information content (AvgIpc) is 2.71. The van der Waals surface area contributed by atoms with Gasteiger partial charge >= 0.3 is 0 Å². The van der Waals surface area contributed by atoms with Crippen molar-refractivity contribution in [1.82, 2.24) is 4.90 Å². The molecule has 1 aliphatic heterocycles. The maximum atomic E-state index is 12.4. The molecule has 1 N–H and O–H groups in total. The molecule has 1 atom stereocenters. The van der Waals surface area contributed by atoms with Gasteiger partial charge in [0.2, 0.25) is 0 Å². The highest BCUT2D eigenvalue weighted by molar-refractivity contribution is 6.08. The van der Waals surface area contributed by atoms with E-state index < -0.39 is 17.7 Å². The highest BCUT2D eigenvalue weighted by Crippen LogP contribution is 2.38. The number of anilines is 1. The minimum atomic E-state index is -0.515. The van der Waals surface area contributed by atoms with Gasteiger partial charge in [0.1, 0.15) is 0 Å². The SMILES string of the molecule is CC(=O)C1=C(O)C(=O)N(CC(C)C)C1c1ccc(N(C)C)cc1. The number of benzene rings is 1. The molecule has 0 fully saturated rings. The molecular formula is C18H24N2O3. The lowest BCUT2D eigenvalue weighted by molar-refractivity contribution is -0.129. The number of hydrogen-bond donors (Lipinski definition) is 1. The van der Waals surface area contributed by atoms with Crippen LogP contribution in [0.2, 0.25) is 0 Å². The van der Waals surface area contributed by atoms with Crippen molar-refractivity contribution in [1.29, 1.82) is 0 Å². The van der Waals surface area contributed by atoms with Crippen LogP contribution in [0.5, 0.6) is 0 Å². The molecule has 0 saturated carbocycles. The van der Waals surface area contributed by atoms with Crippen molar-refractivity contribution in [3.8, 4) is 0 Å². The zero-order chi connectivity index (χ0) is 17.3. The predicted octanol–water partition coefficient (Wildman–Crippen LogP) is 2.69. The number of carbonyl (C=O) groups excluding carboxylic acids is 2. The summed E-state index contributed by atoms with van der Waals surface area (Å²) in [6, 6.07) is 7.18. The van der Waals surface area contributed by atoms with E-state index >= 15 is 0 Å². The predicted molar refractivity (Wildman–Crippen MR) is 90.4 cm³/mol. The minimum Gasteiger partial charge on any atom is -0.503 e. The lowest BCUT2D eigenvalue weighted by atomic mass is 9.96. The second-order valence-electron chi connectivity index (χ2n) is 6.56. The Morgan fingerprint density at radius 1 is 1.26 bits per heavy atom. The largest absolute Gasteiger partial charge is 0.503 e. The monoisotopic (exact) mass is 316 g/mol. The van der Waals surface area contributed by atoms with E-state index in [1.54, 1.807) is 4.90 Å². The van der Waals surface area contributed by atoms with Crippen LogP contribution in [0.15, 0.2) is 35.6 Å². The Hall–Kier alpha value is -2.30. The fraction of sp³-hybridized carbons (Fsp3) is 0.444. The van der Waals surface area contributed by atoms with Crippen molar-refractivity contribution in [3.63, 3.8) is 0 Å². The second kappa shape index (κ2) is 6.44. The standard InChI is InChI=1S/C18H24N2O3/c1-11(2)10-20-16(15(12(3)21)17(22)18(20)23)13-6-8-14(9-7-13)19(4)5/h6-9,11,16,22H,10H2,1-5H3. The smallest absolute Gasteiger partial charge is 0.290 e. The molecule has 0 aromatic heterocycles. The van der Waals surface area contributed by atoms with Crippen LogP contribution in [-0.4, -0.2) is 42.3 Å². The lowest BCUT2D eigenvalue weighted by Crippen LogP contribution is -2.34. The third-order valence-electron chi connectivity index (χ3n) is 3.97. The second-order valence-corrected chi connectivity index (χ2v) is 6.56. The van der Waals surface area contributed by atoms with E-state index in [4.69, 9.17) is 0 Å². The zero-order valence-electron chi connectivity index (χ0n) is 14.3. The molecule has 0 saturated heterocycles. The van der Waals surface area contributed by atoms with Crippen LogP contribution in [0, 0.1) is 5.92 Å². The average molecular weight is 316 g/mol. The normalized spacial score (nSPS) is 18.1.